The highest BCUT2D eigenvalue weighted by Gasteiger charge is 2.41. The van der Waals surface area contributed by atoms with E-state index in [1.165, 1.54) is 11.1 Å². The average Bonchev–Trinajstić information content (AvgIpc) is 3.04. The molecule has 2 bridgehead atoms. The van der Waals surface area contributed by atoms with Crippen molar-refractivity contribution in [2.24, 2.45) is 0 Å². The van der Waals surface area contributed by atoms with Crippen LogP contribution < -0.4 is 9.47 Å². The van der Waals surface area contributed by atoms with E-state index in [1.54, 1.807) is 0 Å². The van der Waals surface area contributed by atoms with Crippen LogP contribution in [0.25, 0.3) is 12.2 Å². The van der Waals surface area contributed by atoms with Crippen molar-refractivity contribution in [2.75, 3.05) is 13.2 Å². The summed E-state index contributed by atoms with van der Waals surface area (Å²) in [6.07, 6.45) is 7.10. The van der Waals surface area contributed by atoms with Gasteiger partial charge in [0.25, 0.3) is 0 Å². The van der Waals surface area contributed by atoms with E-state index in [0.717, 1.165) is 44.9 Å². The number of ether oxygens (including phenoxy) is 5. The van der Waals surface area contributed by atoms with Gasteiger partial charge in [-0.05, 0) is 57.3 Å². The molecule has 2 unspecified atom stereocenters. The normalized spacial score (nSPS) is 17.3. The molecule has 2 aliphatic heterocycles. The lowest BCUT2D eigenvalue weighted by atomic mass is 9.83. The first kappa shape index (κ1) is 32.8. The van der Waals surface area contributed by atoms with Gasteiger partial charge in [0, 0.05) is 11.1 Å². The molecule has 0 fully saturated rings. The Balaban J connectivity index is 1.27. The van der Waals surface area contributed by atoms with Crippen molar-refractivity contribution in [3.63, 3.8) is 0 Å². The first-order chi connectivity index (χ1) is 22.6. The number of fused-ring (bicyclic) bond motifs is 6. The molecule has 2 atom stereocenters. The first-order valence-corrected chi connectivity index (χ1v) is 16.5. The van der Waals surface area contributed by atoms with Gasteiger partial charge in [0.2, 0.25) is 12.6 Å². The third kappa shape index (κ3) is 7.87. The topological polar surface area (TPSA) is 46.2 Å². The van der Waals surface area contributed by atoms with Crippen LogP contribution in [0.3, 0.4) is 0 Å². The van der Waals surface area contributed by atoms with Gasteiger partial charge in [-0.1, -0.05) is 127 Å². The molecule has 5 heteroatoms. The molecule has 0 radical (unpaired) electrons. The molecule has 2 heterocycles. The zero-order chi connectivity index (χ0) is 33.0. The molecular weight excluding hydrogens is 584 g/mol. The van der Waals surface area contributed by atoms with Gasteiger partial charge in [-0.25, -0.2) is 0 Å². The summed E-state index contributed by atoms with van der Waals surface area (Å²) in [6.45, 7) is 15.4. The Labute approximate surface area is 279 Å². The maximum Gasteiger partial charge on any atom is 0.233 e. The van der Waals surface area contributed by atoms with Crippen molar-refractivity contribution in [2.45, 2.75) is 78.2 Å². The lowest BCUT2D eigenvalue weighted by molar-refractivity contribution is -0.227. The molecule has 0 saturated heterocycles. The number of hydrogen-bond donors (Lipinski definition) is 0. The molecule has 0 aromatic heterocycles. The monoisotopic (exact) mass is 630 g/mol. The van der Waals surface area contributed by atoms with E-state index in [0.29, 0.717) is 26.4 Å². The Morgan fingerprint density at radius 2 is 0.979 bits per heavy atom. The SMILES string of the molecule is CC(C)(C)c1cc(/C=C\COCc2ccccc2)c2c(c1)C1Oc3c(/C=C\COCc4ccccc4)cc(C(C)(C)C)cc3C(O2)O1. The number of benzene rings is 4. The molecule has 5 nitrogen and oxygen atoms in total. The van der Waals surface area contributed by atoms with E-state index in [2.05, 4.69) is 114 Å². The second kappa shape index (κ2) is 13.9. The van der Waals surface area contributed by atoms with Gasteiger partial charge in [-0.2, -0.15) is 0 Å². The predicted molar refractivity (Wildman–Crippen MR) is 188 cm³/mol. The molecule has 0 aliphatic carbocycles. The Morgan fingerprint density at radius 3 is 1.36 bits per heavy atom. The minimum absolute atomic E-state index is 0.0832. The highest BCUT2D eigenvalue weighted by atomic mass is 16.8. The molecule has 0 N–H and O–H groups in total. The Morgan fingerprint density at radius 1 is 0.574 bits per heavy atom. The Hall–Kier alpha value is -4.16. The highest BCUT2D eigenvalue weighted by Crippen LogP contribution is 2.52. The third-order valence-corrected chi connectivity index (χ3v) is 8.48. The van der Waals surface area contributed by atoms with Gasteiger partial charge >= 0.3 is 0 Å². The molecule has 0 spiro atoms. The maximum absolute atomic E-state index is 6.73. The summed E-state index contributed by atoms with van der Waals surface area (Å²) in [5.74, 6) is 1.58. The van der Waals surface area contributed by atoms with Crippen LogP contribution in [-0.4, -0.2) is 13.2 Å². The lowest BCUT2D eigenvalue weighted by Gasteiger charge is -2.40. The fraction of sp³-hybridized carbons (Fsp3) is 0.333. The first-order valence-electron chi connectivity index (χ1n) is 16.5. The summed E-state index contributed by atoms with van der Waals surface area (Å²) < 4.78 is 31.8. The lowest BCUT2D eigenvalue weighted by Crippen LogP contribution is -2.32. The van der Waals surface area contributed by atoms with E-state index in [4.69, 9.17) is 23.7 Å². The van der Waals surface area contributed by atoms with Crippen molar-refractivity contribution in [1.82, 2.24) is 0 Å². The highest BCUT2D eigenvalue weighted by molar-refractivity contribution is 5.66. The molecule has 4 aromatic rings. The van der Waals surface area contributed by atoms with Gasteiger partial charge in [0.15, 0.2) is 0 Å². The van der Waals surface area contributed by atoms with Crippen LogP contribution >= 0.6 is 0 Å². The third-order valence-electron chi connectivity index (χ3n) is 8.48. The van der Waals surface area contributed by atoms with Crippen LogP contribution in [0.2, 0.25) is 0 Å². The molecule has 4 aromatic carbocycles. The summed E-state index contributed by atoms with van der Waals surface area (Å²) >= 11 is 0. The summed E-state index contributed by atoms with van der Waals surface area (Å²) in [4.78, 5) is 0. The zero-order valence-corrected chi connectivity index (χ0v) is 28.4. The van der Waals surface area contributed by atoms with Crippen molar-refractivity contribution in [3.8, 4) is 11.5 Å². The van der Waals surface area contributed by atoms with Crippen LogP contribution in [0.5, 0.6) is 11.5 Å². The minimum Gasteiger partial charge on any atom is -0.459 e. The fourth-order valence-corrected chi connectivity index (χ4v) is 5.73. The minimum atomic E-state index is -0.595. The van der Waals surface area contributed by atoms with E-state index >= 15 is 0 Å². The van der Waals surface area contributed by atoms with Crippen LogP contribution in [0, 0.1) is 0 Å². The fourth-order valence-electron chi connectivity index (χ4n) is 5.73. The average molecular weight is 631 g/mol. The summed E-state index contributed by atoms with van der Waals surface area (Å²) in [5, 5.41) is 0. The van der Waals surface area contributed by atoms with Crippen molar-refractivity contribution < 1.29 is 23.7 Å². The van der Waals surface area contributed by atoms with Gasteiger partial charge in [-0.3, -0.25) is 4.74 Å². The number of rotatable bonds is 10. The Kier molecular flexibility index (Phi) is 9.70. The second-order valence-corrected chi connectivity index (χ2v) is 14.3. The van der Waals surface area contributed by atoms with Crippen molar-refractivity contribution >= 4 is 12.2 Å². The summed E-state index contributed by atoms with van der Waals surface area (Å²) in [5.41, 5.74) is 8.27. The molecular formula is C42H46O5. The van der Waals surface area contributed by atoms with Gasteiger partial charge < -0.3 is 18.9 Å². The largest absolute Gasteiger partial charge is 0.459 e. The van der Waals surface area contributed by atoms with E-state index in [1.807, 2.05) is 36.4 Å². The molecule has 6 rings (SSSR count). The van der Waals surface area contributed by atoms with E-state index < -0.39 is 12.6 Å². The zero-order valence-electron chi connectivity index (χ0n) is 28.4. The van der Waals surface area contributed by atoms with Crippen LogP contribution in [-0.2, 0) is 38.3 Å². The van der Waals surface area contributed by atoms with Crippen LogP contribution in [0.4, 0.5) is 0 Å². The second-order valence-electron chi connectivity index (χ2n) is 14.3. The van der Waals surface area contributed by atoms with Gasteiger partial charge in [0.1, 0.15) is 11.5 Å². The van der Waals surface area contributed by atoms with E-state index in [-0.39, 0.29) is 10.8 Å². The molecule has 47 heavy (non-hydrogen) atoms. The van der Waals surface area contributed by atoms with Crippen molar-refractivity contribution in [1.29, 1.82) is 0 Å². The van der Waals surface area contributed by atoms with Gasteiger partial charge in [0.05, 0.1) is 37.6 Å². The Bertz CT molecular complexity index is 1600. The quantitative estimate of drug-likeness (QED) is 0.163. The van der Waals surface area contributed by atoms with E-state index in [9.17, 15) is 0 Å². The standard InChI is InChI=1S/C42H46O5/c1-41(2,3)33-23-31(19-13-21-43-27-29-15-9-7-10-16-29)37-35(25-33)39-46-38-32(20-14-22-44-28-30-17-11-8-12-18-30)24-34(42(4,5)6)26-36(38)40(45-37)47-39/h7-20,23-26,39-40H,21-22,27-28H2,1-6H3/b19-13-,20-14-. The maximum atomic E-state index is 6.73. The smallest absolute Gasteiger partial charge is 0.233 e. The molecule has 2 aliphatic rings. The van der Waals surface area contributed by atoms with Crippen LogP contribution in [0.15, 0.2) is 97.1 Å². The summed E-state index contributed by atoms with van der Waals surface area (Å²) in [6, 6.07) is 29.2. The van der Waals surface area contributed by atoms with Crippen molar-refractivity contribution in [3.05, 3.63) is 142 Å². The molecule has 0 saturated carbocycles. The van der Waals surface area contributed by atoms with Gasteiger partial charge in [-0.15, -0.1) is 0 Å². The molecule has 0 amide bonds. The predicted octanol–water partition coefficient (Wildman–Crippen LogP) is 10.2. The summed E-state index contributed by atoms with van der Waals surface area (Å²) in [7, 11) is 0. The van der Waals surface area contributed by atoms with Crippen LogP contribution in [0.1, 0.15) is 98.6 Å². The molecule has 244 valence electrons. The number of hydrogen-bond acceptors (Lipinski definition) is 5.